The van der Waals surface area contributed by atoms with Crippen LogP contribution in [0.5, 0.6) is 5.75 Å². The Balaban J connectivity index is 2.11. The van der Waals surface area contributed by atoms with Crippen molar-refractivity contribution in [2.75, 3.05) is 31.7 Å². The second-order valence-electron chi connectivity index (χ2n) is 5.10. The number of hydrogen-bond donors (Lipinski definition) is 1. The van der Waals surface area contributed by atoms with Crippen molar-refractivity contribution in [3.05, 3.63) is 28.3 Å². The third kappa shape index (κ3) is 3.22. The van der Waals surface area contributed by atoms with E-state index >= 15 is 0 Å². The van der Waals surface area contributed by atoms with Gasteiger partial charge < -0.3 is 19.5 Å². The Morgan fingerprint density at radius 1 is 1.52 bits per heavy atom. The van der Waals surface area contributed by atoms with Gasteiger partial charge in [0.1, 0.15) is 23.6 Å². The lowest BCUT2D eigenvalue weighted by molar-refractivity contribution is -0.384. The number of methoxy groups -OCH3 is 1. The monoisotopic (exact) mass is 296 g/mol. The van der Waals surface area contributed by atoms with Crippen molar-refractivity contribution in [1.29, 1.82) is 0 Å². The van der Waals surface area contributed by atoms with Gasteiger partial charge >= 0.3 is 5.97 Å². The Morgan fingerprint density at radius 3 is 2.71 bits per heavy atom. The summed E-state index contributed by atoms with van der Waals surface area (Å²) < 4.78 is 10.3. The number of nitro benzene ring substituents is 1. The maximum atomic E-state index is 11.1. The van der Waals surface area contributed by atoms with Crippen LogP contribution in [0.25, 0.3) is 0 Å². The van der Waals surface area contributed by atoms with E-state index in [0.717, 1.165) is 0 Å². The number of carboxylic acid groups (broad SMARTS) is 1. The number of nitrogens with zero attached hydrogens (tertiary/aromatic N) is 2. The third-order valence-electron chi connectivity index (χ3n) is 3.31. The number of carboxylic acids is 1. The SMILES string of the molecule is COc1ccc(N2CC(C)(OCC(=O)O)C2)c([N+](=O)[O-])c1. The van der Waals surface area contributed by atoms with Gasteiger partial charge in [-0.25, -0.2) is 4.79 Å². The van der Waals surface area contributed by atoms with Gasteiger partial charge in [-0.05, 0) is 19.1 Å². The minimum Gasteiger partial charge on any atom is -0.496 e. The lowest BCUT2D eigenvalue weighted by Crippen LogP contribution is -2.62. The van der Waals surface area contributed by atoms with Gasteiger partial charge in [0.25, 0.3) is 5.69 Å². The highest BCUT2D eigenvalue weighted by Gasteiger charge is 2.42. The molecule has 8 nitrogen and oxygen atoms in total. The summed E-state index contributed by atoms with van der Waals surface area (Å²) in [6.07, 6.45) is 0. The van der Waals surface area contributed by atoms with E-state index < -0.39 is 16.5 Å². The van der Waals surface area contributed by atoms with Crippen molar-refractivity contribution in [3.8, 4) is 5.75 Å². The molecule has 0 unspecified atom stereocenters. The normalized spacial score (nSPS) is 16.2. The molecule has 0 atom stereocenters. The molecule has 1 aromatic carbocycles. The molecule has 1 aliphatic rings. The number of ether oxygens (including phenoxy) is 2. The standard InChI is InChI=1S/C13H16N2O6/c1-13(21-6-12(16)17)7-14(8-13)10-4-3-9(20-2)5-11(10)15(18)19/h3-5H,6-8H2,1-2H3,(H,16,17). The molecule has 1 aliphatic heterocycles. The molecule has 1 fully saturated rings. The minimum absolute atomic E-state index is 0.0466. The first-order chi connectivity index (χ1) is 9.84. The van der Waals surface area contributed by atoms with Crippen molar-refractivity contribution in [3.63, 3.8) is 0 Å². The van der Waals surface area contributed by atoms with Crippen molar-refractivity contribution in [2.45, 2.75) is 12.5 Å². The largest absolute Gasteiger partial charge is 0.496 e. The van der Waals surface area contributed by atoms with Crippen LogP contribution in [-0.2, 0) is 9.53 Å². The van der Waals surface area contributed by atoms with Crippen LogP contribution in [0, 0.1) is 10.1 Å². The minimum atomic E-state index is -1.04. The summed E-state index contributed by atoms with van der Waals surface area (Å²) in [6.45, 7) is 2.19. The molecule has 1 aromatic rings. The molecule has 8 heteroatoms. The molecule has 0 aliphatic carbocycles. The summed E-state index contributed by atoms with van der Waals surface area (Å²) >= 11 is 0. The molecule has 2 rings (SSSR count). The average molecular weight is 296 g/mol. The number of carbonyl (C=O) groups is 1. The van der Waals surface area contributed by atoms with Crippen LogP contribution in [0.2, 0.25) is 0 Å². The first-order valence-corrected chi connectivity index (χ1v) is 6.28. The first-order valence-electron chi connectivity index (χ1n) is 6.28. The molecule has 21 heavy (non-hydrogen) atoms. The predicted octanol–water partition coefficient (Wildman–Crippen LogP) is 1.28. The van der Waals surface area contributed by atoms with Gasteiger partial charge in [-0.15, -0.1) is 0 Å². The molecule has 0 saturated carbocycles. The predicted molar refractivity (Wildman–Crippen MR) is 73.9 cm³/mol. The molecule has 1 N–H and O–H groups in total. The van der Waals surface area contributed by atoms with E-state index in [2.05, 4.69) is 0 Å². The van der Waals surface area contributed by atoms with E-state index in [1.807, 2.05) is 0 Å². The fourth-order valence-corrected chi connectivity index (χ4v) is 2.30. The van der Waals surface area contributed by atoms with E-state index in [0.29, 0.717) is 24.5 Å². The summed E-state index contributed by atoms with van der Waals surface area (Å²) in [5.74, 6) is -0.624. The molecule has 0 spiro atoms. The number of rotatable bonds is 6. The highest BCUT2D eigenvalue weighted by Crippen LogP contribution is 2.38. The zero-order chi connectivity index (χ0) is 15.6. The average Bonchev–Trinajstić information content (AvgIpc) is 2.41. The molecule has 0 aromatic heterocycles. The Hall–Kier alpha value is -2.35. The van der Waals surface area contributed by atoms with Crippen LogP contribution in [0.15, 0.2) is 18.2 Å². The summed E-state index contributed by atoms with van der Waals surface area (Å²) in [4.78, 5) is 22.9. The zero-order valence-corrected chi connectivity index (χ0v) is 11.7. The van der Waals surface area contributed by atoms with Gasteiger partial charge in [0, 0.05) is 13.1 Å². The molecule has 114 valence electrons. The summed E-state index contributed by atoms with van der Waals surface area (Å²) in [5, 5.41) is 19.7. The Morgan fingerprint density at radius 2 is 2.19 bits per heavy atom. The third-order valence-corrected chi connectivity index (χ3v) is 3.31. The lowest BCUT2D eigenvalue weighted by Gasteiger charge is -2.48. The van der Waals surface area contributed by atoms with Gasteiger partial charge in [0.15, 0.2) is 0 Å². The van der Waals surface area contributed by atoms with Gasteiger partial charge in [0.2, 0.25) is 0 Å². The molecule has 0 amide bonds. The van der Waals surface area contributed by atoms with Crippen molar-refractivity contribution < 1.29 is 24.3 Å². The van der Waals surface area contributed by atoms with Gasteiger partial charge in [-0.3, -0.25) is 10.1 Å². The van der Waals surface area contributed by atoms with E-state index in [1.54, 1.807) is 24.0 Å². The fourth-order valence-electron chi connectivity index (χ4n) is 2.30. The molecular weight excluding hydrogens is 280 g/mol. The first kappa shape index (κ1) is 15.0. The van der Waals surface area contributed by atoms with E-state index in [9.17, 15) is 14.9 Å². The fraction of sp³-hybridized carbons (Fsp3) is 0.462. The van der Waals surface area contributed by atoms with Gasteiger partial charge in [0.05, 0.1) is 18.1 Å². The highest BCUT2D eigenvalue weighted by atomic mass is 16.6. The van der Waals surface area contributed by atoms with Crippen LogP contribution < -0.4 is 9.64 Å². The molecule has 0 bridgehead atoms. The van der Waals surface area contributed by atoms with Gasteiger partial charge in [-0.2, -0.15) is 0 Å². The van der Waals surface area contributed by atoms with Crippen molar-refractivity contribution >= 4 is 17.3 Å². The smallest absolute Gasteiger partial charge is 0.329 e. The second kappa shape index (κ2) is 5.57. The van der Waals surface area contributed by atoms with Crippen molar-refractivity contribution in [2.24, 2.45) is 0 Å². The van der Waals surface area contributed by atoms with Crippen LogP contribution in [0.3, 0.4) is 0 Å². The van der Waals surface area contributed by atoms with E-state index in [4.69, 9.17) is 14.6 Å². The Labute approximate surface area is 121 Å². The molecule has 1 saturated heterocycles. The number of nitro groups is 1. The maximum absolute atomic E-state index is 11.1. The maximum Gasteiger partial charge on any atom is 0.329 e. The molecular formula is C13H16N2O6. The van der Waals surface area contributed by atoms with Crippen LogP contribution in [-0.4, -0.2) is 48.4 Å². The molecule has 0 radical (unpaired) electrons. The Kier molecular flexibility index (Phi) is 3.99. The van der Waals surface area contributed by atoms with Crippen molar-refractivity contribution in [1.82, 2.24) is 0 Å². The topological polar surface area (TPSA) is 102 Å². The summed E-state index contributed by atoms with van der Waals surface area (Å²) in [7, 11) is 1.44. The summed E-state index contributed by atoms with van der Waals surface area (Å²) in [6, 6.07) is 4.63. The van der Waals surface area contributed by atoms with E-state index in [1.165, 1.54) is 13.2 Å². The number of benzene rings is 1. The zero-order valence-electron chi connectivity index (χ0n) is 11.7. The van der Waals surface area contributed by atoms with E-state index in [-0.39, 0.29) is 12.3 Å². The summed E-state index contributed by atoms with van der Waals surface area (Å²) in [5.41, 5.74) is -0.182. The lowest BCUT2D eigenvalue weighted by atomic mass is 9.95. The van der Waals surface area contributed by atoms with Crippen LogP contribution in [0.1, 0.15) is 6.92 Å². The Bertz CT molecular complexity index is 568. The second-order valence-corrected chi connectivity index (χ2v) is 5.10. The van der Waals surface area contributed by atoms with Gasteiger partial charge in [-0.1, -0.05) is 0 Å². The highest BCUT2D eigenvalue weighted by molar-refractivity contribution is 5.69. The van der Waals surface area contributed by atoms with Crippen LogP contribution in [0.4, 0.5) is 11.4 Å². The number of anilines is 1. The quantitative estimate of drug-likeness (QED) is 0.623. The number of hydrogen-bond acceptors (Lipinski definition) is 6. The van der Waals surface area contributed by atoms with Crippen LogP contribution >= 0.6 is 0 Å². The number of aliphatic carboxylic acids is 1. The molecule has 1 heterocycles.